The molecule has 2 nitrogen and oxygen atoms in total. The number of nitrogens with two attached hydrogens (primary N) is 1. The fourth-order valence-corrected chi connectivity index (χ4v) is 1.75. The predicted molar refractivity (Wildman–Crippen MR) is 60.7 cm³/mol. The Balaban J connectivity index is 2.33. The number of halogens is 1. The standard InChI is InChI=1S/C11H13ClN2/c12-6-9(13)5-8-7-14-11-4-2-1-3-10(8)11/h1-4,7,9,14H,5-6,13H2/t9-/m0/s1. The summed E-state index contributed by atoms with van der Waals surface area (Å²) < 4.78 is 0. The molecule has 0 amide bonds. The van der Waals surface area contributed by atoms with Crippen molar-refractivity contribution in [3.8, 4) is 0 Å². The number of benzene rings is 1. The Labute approximate surface area is 88.1 Å². The summed E-state index contributed by atoms with van der Waals surface area (Å²) in [6, 6.07) is 8.25. The van der Waals surface area contributed by atoms with Gasteiger partial charge in [0.1, 0.15) is 0 Å². The second kappa shape index (κ2) is 4.03. The molecular weight excluding hydrogens is 196 g/mol. The van der Waals surface area contributed by atoms with Crippen molar-refractivity contribution >= 4 is 22.5 Å². The van der Waals surface area contributed by atoms with Crippen molar-refractivity contribution in [3.05, 3.63) is 36.0 Å². The molecule has 3 heteroatoms. The van der Waals surface area contributed by atoms with E-state index in [-0.39, 0.29) is 6.04 Å². The third-order valence-electron chi connectivity index (χ3n) is 2.36. The van der Waals surface area contributed by atoms with Gasteiger partial charge in [0.2, 0.25) is 0 Å². The summed E-state index contributed by atoms with van der Waals surface area (Å²) in [6.07, 6.45) is 2.84. The van der Waals surface area contributed by atoms with Gasteiger partial charge >= 0.3 is 0 Å². The molecule has 0 aliphatic rings. The van der Waals surface area contributed by atoms with E-state index in [1.807, 2.05) is 18.3 Å². The predicted octanol–water partition coefficient (Wildman–Crippen LogP) is 2.28. The number of hydrogen-bond donors (Lipinski definition) is 2. The minimum absolute atomic E-state index is 0.0378. The van der Waals surface area contributed by atoms with Gasteiger partial charge in [0.25, 0.3) is 0 Å². The molecule has 3 N–H and O–H groups in total. The molecule has 2 aromatic rings. The maximum atomic E-state index is 5.81. The minimum atomic E-state index is 0.0378. The number of aromatic nitrogens is 1. The first kappa shape index (κ1) is 9.56. The first-order valence-corrected chi connectivity index (χ1v) is 5.21. The summed E-state index contributed by atoms with van der Waals surface area (Å²) in [5, 5.41) is 1.24. The summed E-state index contributed by atoms with van der Waals surface area (Å²) >= 11 is 5.68. The van der Waals surface area contributed by atoms with Crippen LogP contribution in [-0.4, -0.2) is 16.9 Å². The highest BCUT2D eigenvalue weighted by atomic mass is 35.5. The molecule has 0 saturated carbocycles. The number of rotatable bonds is 3. The molecule has 2 rings (SSSR count). The summed E-state index contributed by atoms with van der Waals surface area (Å²) in [5.41, 5.74) is 8.21. The van der Waals surface area contributed by atoms with Gasteiger partial charge in [-0.25, -0.2) is 0 Å². The molecule has 0 fully saturated rings. The highest BCUT2D eigenvalue weighted by Crippen LogP contribution is 2.18. The Morgan fingerprint density at radius 2 is 2.14 bits per heavy atom. The van der Waals surface area contributed by atoms with Crippen LogP contribution in [0, 0.1) is 0 Å². The molecule has 0 aliphatic heterocycles. The lowest BCUT2D eigenvalue weighted by Crippen LogP contribution is -2.24. The summed E-state index contributed by atoms with van der Waals surface area (Å²) in [5.74, 6) is 0.500. The maximum absolute atomic E-state index is 5.81. The summed E-state index contributed by atoms with van der Waals surface area (Å²) in [6.45, 7) is 0. The van der Waals surface area contributed by atoms with Crippen molar-refractivity contribution in [1.82, 2.24) is 4.98 Å². The minimum Gasteiger partial charge on any atom is -0.361 e. The number of aromatic amines is 1. The fourth-order valence-electron chi connectivity index (χ4n) is 1.64. The van der Waals surface area contributed by atoms with Gasteiger partial charge in [-0.05, 0) is 18.1 Å². The number of nitrogens with one attached hydrogen (secondary N) is 1. The smallest absolute Gasteiger partial charge is 0.0456 e. The molecule has 1 heterocycles. The van der Waals surface area contributed by atoms with Gasteiger partial charge in [0.05, 0.1) is 0 Å². The number of hydrogen-bond acceptors (Lipinski definition) is 1. The third kappa shape index (κ3) is 1.76. The Bertz CT molecular complexity index is 422. The zero-order valence-corrected chi connectivity index (χ0v) is 8.59. The quantitative estimate of drug-likeness (QED) is 0.747. The second-order valence-corrected chi connectivity index (χ2v) is 3.79. The fraction of sp³-hybridized carbons (Fsp3) is 0.273. The first-order valence-electron chi connectivity index (χ1n) is 4.68. The molecule has 1 aromatic carbocycles. The van der Waals surface area contributed by atoms with E-state index >= 15 is 0 Å². The SMILES string of the molecule is N[C@H](CCl)Cc1c[nH]c2ccccc12. The van der Waals surface area contributed by atoms with E-state index in [1.54, 1.807) is 0 Å². The van der Waals surface area contributed by atoms with Crippen molar-refractivity contribution in [1.29, 1.82) is 0 Å². The van der Waals surface area contributed by atoms with Gasteiger partial charge in [0, 0.05) is 29.0 Å². The van der Waals surface area contributed by atoms with Gasteiger partial charge in [0.15, 0.2) is 0 Å². The zero-order chi connectivity index (χ0) is 9.97. The molecule has 1 atom stereocenters. The van der Waals surface area contributed by atoms with Crippen molar-refractivity contribution in [2.24, 2.45) is 5.73 Å². The van der Waals surface area contributed by atoms with Crippen molar-refractivity contribution in [2.75, 3.05) is 5.88 Å². The van der Waals surface area contributed by atoms with Crippen molar-refractivity contribution < 1.29 is 0 Å². The van der Waals surface area contributed by atoms with E-state index in [2.05, 4.69) is 17.1 Å². The lowest BCUT2D eigenvalue weighted by molar-refractivity contribution is 0.748. The maximum Gasteiger partial charge on any atom is 0.0456 e. The largest absolute Gasteiger partial charge is 0.361 e. The number of alkyl halides is 1. The van der Waals surface area contributed by atoms with Gasteiger partial charge < -0.3 is 10.7 Å². The van der Waals surface area contributed by atoms with Crippen LogP contribution in [0.2, 0.25) is 0 Å². The van der Waals surface area contributed by atoms with Gasteiger partial charge in [-0.15, -0.1) is 11.6 Å². The lowest BCUT2D eigenvalue weighted by atomic mass is 10.1. The molecule has 0 spiro atoms. The van der Waals surface area contributed by atoms with Crippen LogP contribution in [-0.2, 0) is 6.42 Å². The van der Waals surface area contributed by atoms with Crippen LogP contribution in [0.15, 0.2) is 30.5 Å². The molecule has 0 radical (unpaired) electrons. The van der Waals surface area contributed by atoms with E-state index in [0.717, 1.165) is 11.9 Å². The molecular formula is C11H13ClN2. The lowest BCUT2D eigenvalue weighted by Gasteiger charge is -2.05. The normalized spacial score (nSPS) is 13.3. The van der Waals surface area contributed by atoms with Crippen LogP contribution in [0.5, 0.6) is 0 Å². The van der Waals surface area contributed by atoms with E-state index in [0.29, 0.717) is 5.88 Å². The molecule has 14 heavy (non-hydrogen) atoms. The molecule has 0 bridgehead atoms. The highest BCUT2D eigenvalue weighted by Gasteiger charge is 2.06. The highest BCUT2D eigenvalue weighted by molar-refractivity contribution is 6.18. The van der Waals surface area contributed by atoms with Gasteiger partial charge in [-0.3, -0.25) is 0 Å². The zero-order valence-electron chi connectivity index (χ0n) is 7.83. The summed E-state index contributed by atoms with van der Waals surface area (Å²) in [7, 11) is 0. The van der Waals surface area contributed by atoms with Crippen LogP contribution in [0.3, 0.4) is 0 Å². The first-order chi connectivity index (χ1) is 6.81. The van der Waals surface area contributed by atoms with Crippen molar-refractivity contribution in [2.45, 2.75) is 12.5 Å². The third-order valence-corrected chi connectivity index (χ3v) is 2.75. The van der Waals surface area contributed by atoms with E-state index in [9.17, 15) is 0 Å². The summed E-state index contributed by atoms with van der Waals surface area (Å²) in [4.78, 5) is 3.22. The van der Waals surface area contributed by atoms with E-state index < -0.39 is 0 Å². The Morgan fingerprint density at radius 3 is 2.93 bits per heavy atom. The van der Waals surface area contributed by atoms with Gasteiger partial charge in [-0.1, -0.05) is 18.2 Å². The molecule has 0 aliphatic carbocycles. The Hall–Kier alpha value is -0.990. The van der Waals surface area contributed by atoms with E-state index in [1.165, 1.54) is 10.9 Å². The molecule has 1 aromatic heterocycles. The Kier molecular flexibility index (Phi) is 2.75. The number of para-hydroxylation sites is 1. The average molecular weight is 209 g/mol. The van der Waals surface area contributed by atoms with Crippen LogP contribution < -0.4 is 5.73 Å². The van der Waals surface area contributed by atoms with E-state index in [4.69, 9.17) is 17.3 Å². The van der Waals surface area contributed by atoms with Crippen LogP contribution >= 0.6 is 11.6 Å². The number of H-pyrrole nitrogens is 1. The van der Waals surface area contributed by atoms with Gasteiger partial charge in [-0.2, -0.15) is 0 Å². The van der Waals surface area contributed by atoms with Crippen LogP contribution in [0.25, 0.3) is 10.9 Å². The Morgan fingerprint density at radius 1 is 1.36 bits per heavy atom. The van der Waals surface area contributed by atoms with Crippen molar-refractivity contribution in [3.63, 3.8) is 0 Å². The van der Waals surface area contributed by atoms with Crippen LogP contribution in [0.4, 0.5) is 0 Å². The molecule has 0 saturated heterocycles. The topological polar surface area (TPSA) is 41.8 Å². The molecule has 0 unspecified atom stereocenters. The monoisotopic (exact) mass is 208 g/mol. The van der Waals surface area contributed by atoms with Crippen LogP contribution in [0.1, 0.15) is 5.56 Å². The average Bonchev–Trinajstić information content (AvgIpc) is 2.62. The second-order valence-electron chi connectivity index (χ2n) is 3.48. The molecule has 74 valence electrons. The number of fused-ring (bicyclic) bond motifs is 1.